The van der Waals surface area contributed by atoms with Gasteiger partial charge >= 0.3 is 0 Å². The lowest BCUT2D eigenvalue weighted by Gasteiger charge is -1.96. The zero-order valence-corrected chi connectivity index (χ0v) is 5.33. The minimum atomic E-state index is 0.106. The van der Waals surface area contributed by atoms with Crippen LogP contribution in [0.3, 0.4) is 0 Å². The molecule has 52 valence electrons. The number of hydrogen-bond acceptors (Lipinski definition) is 4. The lowest BCUT2D eigenvalue weighted by atomic mass is 10.3. The highest BCUT2D eigenvalue weighted by Crippen LogP contribution is 2.24. The molecule has 4 heteroatoms. The second-order valence-corrected chi connectivity index (χ2v) is 2.20. The maximum Gasteiger partial charge on any atom is 0.219 e. The van der Waals surface area contributed by atoms with Crippen LogP contribution in [-0.2, 0) is 6.42 Å². The zero-order valence-electron chi connectivity index (χ0n) is 5.33. The minimum absolute atomic E-state index is 0.106. The fraction of sp³-hybridized carbons (Fsp3) is 0.333. The molecule has 2 N–H and O–H groups in total. The summed E-state index contributed by atoms with van der Waals surface area (Å²) < 4.78 is 0. The van der Waals surface area contributed by atoms with E-state index >= 15 is 0 Å². The summed E-state index contributed by atoms with van der Waals surface area (Å²) in [5.74, 6) is 0.877. The van der Waals surface area contributed by atoms with Crippen LogP contribution < -0.4 is 5.32 Å². The molecule has 0 aliphatic carbocycles. The Hall–Kier alpha value is -1.32. The molecule has 1 aliphatic heterocycles. The first-order valence-corrected chi connectivity index (χ1v) is 3.14. The predicted octanol–water partition coefficient (Wildman–Crippen LogP) is 0.150. The summed E-state index contributed by atoms with van der Waals surface area (Å²) in [5, 5.41) is 12.2. The summed E-state index contributed by atoms with van der Waals surface area (Å²) in [5.41, 5.74) is 0.836. The van der Waals surface area contributed by atoms with E-state index in [9.17, 15) is 0 Å². The Bertz CT molecular complexity index is 261. The van der Waals surface area contributed by atoms with Crippen molar-refractivity contribution in [1.29, 1.82) is 0 Å². The molecule has 1 aromatic rings. The largest absolute Gasteiger partial charge is 0.493 e. The predicted molar refractivity (Wildman–Crippen MR) is 35.9 cm³/mol. The summed E-state index contributed by atoms with van der Waals surface area (Å²) >= 11 is 0. The molecule has 0 atom stereocenters. The molecule has 0 fully saturated rings. The Morgan fingerprint density at radius 1 is 1.50 bits per heavy atom. The number of nitrogens with zero attached hydrogens (tertiary/aromatic N) is 2. The van der Waals surface area contributed by atoms with Gasteiger partial charge in [0.15, 0.2) is 0 Å². The summed E-state index contributed by atoms with van der Waals surface area (Å²) in [6.45, 7) is 0.849. The summed E-state index contributed by atoms with van der Waals surface area (Å²) in [4.78, 5) is 7.59. The van der Waals surface area contributed by atoms with Gasteiger partial charge in [-0.1, -0.05) is 0 Å². The first kappa shape index (κ1) is 5.46. The second-order valence-electron chi connectivity index (χ2n) is 2.20. The Labute approximate surface area is 57.9 Å². The van der Waals surface area contributed by atoms with Crippen LogP contribution in [0.1, 0.15) is 5.56 Å². The van der Waals surface area contributed by atoms with Crippen LogP contribution in [0.25, 0.3) is 0 Å². The van der Waals surface area contributed by atoms with E-state index in [1.54, 1.807) is 0 Å². The molecule has 0 saturated carbocycles. The van der Waals surface area contributed by atoms with Crippen LogP contribution >= 0.6 is 0 Å². The fourth-order valence-electron chi connectivity index (χ4n) is 1.09. The van der Waals surface area contributed by atoms with Crippen molar-refractivity contribution in [2.75, 3.05) is 11.9 Å². The first-order chi connectivity index (χ1) is 4.88. The average Bonchev–Trinajstić information content (AvgIpc) is 2.36. The highest BCUT2D eigenvalue weighted by molar-refractivity contribution is 5.52. The van der Waals surface area contributed by atoms with Gasteiger partial charge in [-0.05, 0) is 6.42 Å². The van der Waals surface area contributed by atoms with E-state index in [0.29, 0.717) is 0 Å². The molecule has 1 aromatic heterocycles. The van der Waals surface area contributed by atoms with Crippen LogP contribution in [0.5, 0.6) is 5.88 Å². The number of hydrogen-bond donors (Lipinski definition) is 2. The van der Waals surface area contributed by atoms with Crippen molar-refractivity contribution >= 4 is 5.82 Å². The molecule has 0 unspecified atom stereocenters. The third-order valence-corrected chi connectivity index (χ3v) is 1.59. The van der Waals surface area contributed by atoms with Gasteiger partial charge in [-0.25, -0.2) is 9.97 Å². The molecule has 0 amide bonds. The number of anilines is 1. The molecule has 2 heterocycles. The van der Waals surface area contributed by atoms with Crippen molar-refractivity contribution in [3.63, 3.8) is 0 Å². The summed E-state index contributed by atoms with van der Waals surface area (Å²) in [7, 11) is 0. The Balaban J connectivity index is 2.59. The smallest absolute Gasteiger partial charge is 0.219 e. The van der Waals surface area contributed by atoms with E-state index in [1.807, 2.05) is 0 Å². The number of aromatic hydroxyl groups is 1. The lowest BCUT2D eigenvalue weighted by molar-refractivity contribution is 0.447. The van der Waals surface area contributed by atoms with Crippen molar-refractivity contribution < 1.29 is 5.11 Å². The molecule has 0 bridgehead atoms. The molecular weight excluding hydrogens is 130 g/mol. The highest BCUT2D eigenvalue weighted by Gasteiger charge is 2.14. The van der Waals surface area contributed by atoms with Crippen molar-refractivity contribution in [2.24, 2.45) is 0 Å². The van der Waals surface area contributed by atoms with E-state index in [-0.39, 0.29) is 5.88 Å². The van der Waals surface area contributed by atoms with Crippen molar-refractivity contribution in [3.05, 3.63) is 11.9 Å². The van der Waals surface area contributed by atoms with Gasteiger partial charge in [0, 0.05) is 6.54 Å². The molecule has 0 saturated heterocycles. The Kier molecular flexibility index (Phi) is 1.00. The summed E-state index contributed by atoms with van der Waals surface area (Å²) in [6.07, 6.45) is 2.18. The van der Waals surface area contributed by atoms with Gasteiger partial charge in [-0.2, -0.15) is 0 Å². The van der Waals surface area contributed by atoms with Gasteiger partial charge in [0.05, 0.1) is 5.56 Å². The molecule has 0 radical (unpaired) electrons. The molecule has 2 rings (SSSR count). The van der Waals surface area contributed by atoms with Gasteiger partial charge in [-0.15, -0.1) is 0 Å². The van der Waals surface area contributed by atoms with E-state index in [0.717, 1.165) is 24.3 Å². The van der Waals surface area contributed by atoms with E-state index in [4.69, 9.17) is 5.11 Å². The number of nitrogens with one attached hydrogen (secondary N) is 1. The topological polar surface area (TPSA) is 58.0 Å². The standard InChI is InChI=1S/C6H7N3O/c10-6-4-1-2-7-5(4)8-3-9-6/h3H,1-2H2,(H2,7,8,9,10). The fourth-order valence-corrected chi connectivity index (χ4v) is 1.09. The third kappa shape index (κ3) is 0.618. The Morgan fingerprint density at radius 2 is 2.40 bits per heavy atom. The van der Waals surface area contributed by atoms with E-state index < -0.39 is 0 Å². The van der Waals surface area contributed by atoms with Gasteiger partial charge in [0.1, 0.15) is 12.1 Å². The quantitative estimate of drug-likeness (QED) is 0.534. The lowest BCUT2D eigenvalue weighted by Crippen LogP contribution is -1.92. The van der Waals surface area contributed by atoms with Crippen molar-refractivity contribution in [3.8, 4) is 5.88 Å². The van der Waals surface area contributed by atoms with Gasteiger partial charge < -0.3 is 10.4 Å². The maximum absolute atomic E-state index is 9.14. The molecule has 4 nitrogen and oxygen atoms in total. The van der Waals surface area contributed by atoms with E-state index in [1.165, 1.54) is 6.33 Å². The van der Waals surface area contributed by atoms with Crippen LogP contribution in [0.15, 0.2) is 6.33 Å². The van der Waals surface area contributed by atoms with Crippen molar-refractivity contribution in [2.45, 2.75) is 6.42 Å². The van der Waals surface area contributed by atoms with Crippen LogP contribution in [-0.4, -0.2) is 21.6 Å². The van der Waals surface area contributed by atoms with Crippen LogP contribution in [0.4, 0.5) is 5.82 Å². The third-order valence-electron chi connectivity index (χ3n) is 1.59. The molecule has 10 heavy (non-hydrogen) atoms. The first-order valence-electron chi connectivity index (χ1n) is 3.14. The minimum Gasteiger partial charge on any atom is -0.493 e. The second kappa shape index (κ2) is 1.83. The van der Waals surface area contributed by atoms with Gasteiger partial charge in [0.2, 0.25) is 5.88 Å². The van der Waals surface area contributed by atoms with Crippen LogP contribution in [0, 0.1) is 0 Å². The zero-order chi connectivity index (χ0) is 6.97. The normalized spacial score (nSPS) is 14.4. The van der Waals surface area contributed by atoms with Crippen LogP contribution in [0.2, 0.25) is 0 Å². The number of rotatable bonds is 0. The van der Waals surface area contributed by atoms with Crippen molar-refractivity contribution in [1.82, 2.24) is 9.97 Å². The molecule has 0 aromatic carbocycles. The maximum atomic E-state index is 9.14. The van der Waals surface area contributed by atoms with Gasteiger partial charge in [0.25, 0.3) is 0 Å². The Morgan fingerprint density at radius 3 is 3.20 bits per heavy atom. The van der Waals surface area contributed by atoms with Gasteiger partial charge in [-0.3, -0.25) is 0 Å². The average molecular weight is 137 g/mol. The number of fused-ring (bicyclic) bond motifs is 1. The molecule has 1 aliphatic rings. The molecular formula is C6H7N3O. The summed E-state index contributed by atoms with van der Waals surface area (Å²) in [6, 6.07) is 0. The highest BCUT2D eigenvalue weighted by atomic mass is 16.3. The molecule has 0 spiro atoms. The monoisotopic (exact) mass is 137 g/mol. The van der Waals surface area contributed by atoms with E-state index in [2.05, 4.69) is 15.3 Å². The SMILES string of the molecule is Oc1ncnc2c1CCN2. The number of aromatic nitrogens is 2.